The first kappa shape index (κ1) is 13.4. The first-order chi connectivity index (χ1) is 6.47. The molecule has 0 bridgehead atoms. The van der Waals surface area contributed by atoms with Gasteiger partial charge in [-0.05, 0) is 19.3 Å². The number of amides is 1. The lowest BCUT2D eigenvalue weighted by Crippen LogP contribution is -2.43. The van der Waals surface area contributed by atoms with Crippen LogP contribution in [0.3, 0.4) is 0 Å². The molecule has 0 spiro atoms. The molecule has 2 atom stereocenters. The third-order valence-electron chi connectivity index (χ3n) is 2.03. The lowest BCUT2D eigenvalue weighted by atomic mass is 10.0. The van der Waals surface area contributed by atoms with Gasteiger partial charge in [0, 0.05) is 13.7 Å². The highest BCUT2D eigenvalue weighted by Crippen LogP contribution is 2.02. The molecule has 0 fully saturated rings. The maximum atomic E-state index is 11.4. The van der Waals surface area contributed by atoms with Gasteiger partial charge in [0.2, 0.25) is 5.91 Å². The number of methoxy groups -OCH3 is 1. The number of hydrogen-bond donors (Lipinski definition) is 2. The molecular weight excluding hydrogens is 180 g/mol. The molecule has 14 heavy (non-hydrogen) atoms. The maximum absolute atomic E-state index is 11.4. The van der Waals surface area contributed by atoms with Crippen molar-refractivity contribution in [3.63, 3.8) is 0 Å². The monoisotopic (exact) mass is 202 g/mol. The predicted molar refractivity (Wildman–Crippen MR) is 56.9 cm³/mol. The maximum Gasteiger partial charge on any atom is 0.237 e. The molecular formula is C10H22N2O2. The molecule has 4 heteroatoms. The minimum atomic E-state index is -0.404. The Labute approximate surface area is 86.2 Å². The molecule has 0 aromatic rings. The van der Waals surface area contributed by atoms with Crippen LogP contribution in [0.25, 0.3) is 0 Å². The van der Waals surface area contributed by atoms with E-state index in [0.29, 0.717) is 18.9 Å². The van der Waals surface area contributed by atoms with Crippen molar-refractivity contribution in [1.29, 1.82) is 0 Å². The largest absolute Gasteiger partial charge is 0.380 e. The summed E-state index contributed by atoms with van der Waals surface area (Å²) in [7, 11) is 1.62. The standard InChI is InChI=1S/C10H22N2O2/c1-7(2)5-9(11)10(13)12-6-8(3)14-4/h7-9H,5-6,11H2,1-4H3,(H,12,13)/t8?,9-/m0/s1. The van der Waals surface area contributed by atoms with Gasteiger partial charge < -0.3 is 15.8 Å². The van der Waals surface area contributed by atoms with Crippen LogP contribution in [-0.4, -0.2) is 31.7 Å². The fourth-order valence-electron chi connectivity index (χ4n) is 1.07. The molecule has 1 unspecified atom stereocenters. The Balaban J connectivity index is 3.73. The summed E-state index contributed by atoms with van der Waals surface area (Å²) in [6.07, 6.45) is 0.748. The summed E-state index contributed by atoms with van der Waals surface area (Å²) in [4.78, 5) is 11.4. The van der Waals surface area contributed by atoms with Gasteiger partial charge >= 0.3 is 0 Å². The molecule has 0 aliphatic heterocycles. The number of carbonyl (C=O) groups is 1. The van der Waals surface area contributed by atoms with E-state index in [-0.39, 0.29) is 12.0 Å². The minimum Gasteiger partial charge on any atom is -0.380 e. The molecule has 0 saturated heterocycles. The van der Waals surface area contributed by atoms with Crippen molar-refractivity contribution in [3.8, 4) is 0 Å². The van der Waals surface area contributed by atoms with Crippen molar-refractivity contribution in [2.75, 3.05) is 13.7 Å². The molecule has 0 aliphatic rings. The van der Waals surface area contributed by atoms with E-state index in [0.717, 1.165) is 0 Å². The highest BCUT2D eigenvalue weighted by molar-refractivity contribution is 5.81. The Morgan fingerprint density at radius 3 is 2.43 bits per heavy atom. The van der Waals surface area contributed by atoms with Crippen LogP contribution in [0.1, 0.15) is 27.2 Å². The number of rotatable bonds is 6. The lowest BCUT2D eigenvalue weighted by Gasteiger charge is -2.16. The fourth-order valence-corrected chi connectivity index (χ4v) is 1.07. The normalized spacial score (nSPS) is 15.3. The molecule has 84 valence electrons. The van der Waals surface area contributed by atoms with Crippen molar-refractivity contribution in [2.45, 2.75) is 39.3 Å². The average molecular weight is 202 g/mol. The number of nitrogens with one attached hydrogen (secondary N) is 1. The molecule has 0 aromatic heterocycles. The van der Waals surface area contributed by atoms with Crippen LogP contribution < -0.4 is 11.1 Å². The summed E-state index contributed by atoms with van der Waals surface area (Å²) < 4.78 is 5.01. The number of hydrogen-bond acceptors (Lipinski definition) is 3. The quantitative estimate of drug-likeness (QED) is 0.659. The van der Waals surface area contributed by atoms with Crippen LogP contribution in [0.2, 0.25) is 0 Å². The highest BCUT2D eigenvalue weighted by Gasteiger charge is 2.14. The van der Waals surface area contributed by atoms with Crippen LogP contribution in [0.4, 0.5) is 0 Å². The topological polar surface area (TPSA) is 64.3 Å². The Kier molecular flexibility index (Phi) is 6.49. The molecule has 1 amide bonds. The summed E-state index contributed by atoms with van der Waals surface area (Å²) in [6, 6.07) is -0.404. The lowest BCUT2D eigenvalue weighted by molar-refractivity contribution is -0.123. The van der Waals surface area contributed by atoms with E-state index in [9.17, 15) is 4.79 Å². The summed E-state index contributed by atoms with van der Waals surface area (Å²) in [6.45, 7) is 6.51. The number of nitrogens with two attached hydrogens (primary N) is 1. The zero-order chi connectivity index (χ0) is 11.1. The first-order valence-corrected chi connectivity index (χ1v) is 5.03. The summed E-state index contributed by atoms with van der Waals surface area (Å²) >= 11 is 0. The Morgan fingerprint density at radius 2 is 2.00 bits per heavy atom. The molecule has 0 rings (SSSR count). The molecule has 3 N–H and O–H groups in total. The predicted octanol–water partition coefficient (Wildman–Crippen LogP) is 0.511. The van der Waals surface area contributed by atoms with Crippen LogP contribution >= 0.6 is 0 Å². The van der Waals surface area contributed by atoms with Crippen LogP contribution in [0.5, 0.6) is 0 Å². The van der Waals surface area contributed by atoms with E-state index in [1.54, 1.807) is 7.11 Å². The molecule has 0 heterocycles. The summed E-state index contributed by atoms with van der Waals surface area (Å²) in [5.74, 6) is 0.346. The minimum absolute atomic E-state index is 0.0326. The van der Waals surface area contributed by atoms with Gasteiger partial charge in [-0.25, -0.2) is 0 Å². The van der Waals surface area contributed by atoms with Crippen LogP contribution in [-0.2, 0) is 9.53 Å². The van der Waals surface area contributed by atoms with E-state index in [1.165, 1.54) is 0 Å². The van der Waals surface area contributed by atoms with Gasteiger partial charge in [0.1, 0.15) is 0 Å². The molecule has 0 aliphatic carbocycles. The average Bonchev–Trinajstić information content (AvgIpc) is 2.12. The second kappa shape index (κ2) is 6.79. The van der Waals surface area contributed by atoms with E-state index >= 15 is 0 Å². The van der Waals surface area contributed by atoms with Crippen molar-refractivity contribution < 1.29 is 9.53 Å². The van der Waals surface area contributed by atoms with Crippen molar-refractivity contribution in [2.24, 2.45) is 11.7 Å². The van der Waals surface area contributed by atoms with Crippen LogP contribution in [0, 0.1) is 5.92 Å². The SMILES string of the molecule is COC(C)CNC(=O)[C@@H](N)CC(C)C. The smallest absolute Gasteiger partial charge is 0.237 e. The van der Waals surface area contributed by atoms with Crippen molar-refractivity contribution in [1.82, 2.24) is 5.32 Å². The van der Waals surface area contributed by atoms with E-state index in [4.69, 9.17) is 10.5 Å². The zero-order valence-electron chi connectivity index (χ0n) is 9.54. The van der Waals surface area contributed by atoms with Gasteiger partial charge in [-0.3, -0.25) is 4.79 Å². The van der Waals surface area contributed by atoms with E-state index < -0.39 is 6.04 Å². The molecule has 4 nitrogen and oxygen atoms in total. The fraction of sp³-hybridized carbons (Fsp3) is 0.900. The third kappa shape index (κ3) is 5.94. The summed E-state index contributed by atoms with van der Waals surface area (Å²) in [5.41, 5.74) is 5.69. The zero-order valence-corrected chi connectivity index (χ0v) is 9.54. The third-order valence-corrected chi connectivity index (χ3v) is 2.03. The van der Waals surface area contributed by atoms with Gasteiger partial charge in [-0.1, -0.05) is 13.8 Å². The van der Waals surface area contributed by atoms with Gasteiger partial charge in [0.25, 0.3) is 0 Å². The number of ether oxygens (including phenoxy) is 1. The van der Waals surface area contributed by atoms with Crippen molar-refractivity contribution in [3.05, 3.63) is 0 Å². The molecule has 0 aromatic carbocycles. The van der Waals surface area contributed by atoms with Crippen molar-refractivity contribution >= 4 is 5.91 Å². The van der Waals surface area contributed by atoms with Gasteiger partial charge in [-0.15, -0.1) is 0 Å². The molecule has 0 saturated carbocycles. The highest BCUT2D eigenvalue weighted by atomic mass is 16.5. The van der Waals surface area contributed by atoms with E-state index in [1.807, 2.05) is 20.8 Å². The van der Waals surface area contributed by atoms with Gasteiger partial charge in [0.05, 0.1) is 12.1 Å². The van der Waals surface area contributed by atoms with E-state index in [2.05, 4.69) is 5.32 Å². The number of carbonyl (C=O) groups excluding carboxylic acids is 1. The Hall–Kier alpha value is -0.610. The Bertz CT molecular complexity index is 172. The van der Waals surface area contributed by atoms with Crippen LogP contribution in [0.15, 0.2) is 0 Å². The van der Waals surface area contributed by atoms with Gasteiger partial charge in [0.15, 0.2) is 0 Å². The first-order valence-electron chi connectivity index (χ1n) is 5.03. The second-order valence-corrected chi connectivity index (χ2v) is 4.03. The second-order valence-electron chi connectivity index (χ2n) is 4.03. The molecule has 0 radical (unpaired) electrons. The summed E-state index contributed by atoms with van der Waals surface area (Å²) in [5, 5.41) is 2.75. The Morgan fingerprint density at radius 1 is 1.43 bits per heavy atom. The van der Waals surface area contributed by atoms with Gasteiger partial charge in [-0.2, -0.15) is 0 Å².